The first kappa shape index (κ1) is 27.5. The van der Waals surface area contributed by atoms with Crippen molar-refractivity contribution in [2.45, 2.75) is 19.3 Å². The lowest BCUT2D eigenvalue weighted by molar-refractivity contribution is 0.660. The van der Waals surface area contributed by atoms with E-state index in [1.54, 1.807) is 0 Å². The summed E-state index contributed by atoms with van der Waals surface area (Å²) in [5, 5.41) is 3.37. The SMILES string of the molecule is CC1(C)c2ccccc2-c2ccc(-c3cccc(-c4cccc(-c5nc(-c6ccccc6)c6ccc7ccccc7c6n5)c4)c3)cc21. The molecule has 0 N–H and O–H groups in total. The summed E-state index contributed by atoms with van der Waals surface area (Å²) >= 11 is 0. The molecular weight excluding hydrogens is 569 g/mol. The fourth-order valence-corrected chi connectivity index (χ4v) is 7.41. The fourth-order valence-electron chi connectivity index (χ4n) is 7.41. The van der Waals surface area contributed by atoms with Crippen LogP contribution in [0, 0.1) is 0 Å². The van der Waals surface area contributed by atoms with Crippen LogP contribution in [0.15, 0.2) is 158 Å². The van der Waals surface area contributed by atoms with Gasteiger partial charge in [0, 0.05) is 27.3 Å². The van der Waals surface area contributed by atoms with Crippen molar-refractivity contribution in [1.82, 2.24) is 9.97 Å². The first-order chi connectivity index (χ1) is 23.0. The summed E-state index contributed by atoms with van der Waals surface area (Å²) in [6, 6.07) is 56.5. The first-order valence-corrected chi connectivity index (χ1v) is 16.3. The van der Waals surface area contributed by atoms with Gasteiger partial charge in [-0.1, -0.05) is 147 Å². The Morgan fingerprint density at radius 3 is 1.83 bits per heavy atom. The Balaban J connectivity index is 1.14. The van der Waals surface area contributed by atoms with E-state index in [1.807, 2.05) is 6.07 Å². The average Bonchev–Trinajstić information content (AvgIpc) is 3.37. The van der Waals surface area contributed by atoms with E-state index < -0.39 is 0 Å². The van der Waals surface area contributed by atoms with Crippen LogP contribution in [0.3, 0.4) is 0 Å². The molecule has 7 aromatic carbocycles. The van der Waals surface area contributed by atoms with Crippen LogP contribution in [-0.4, -0.2) is 9.97 Å². The lowest BCUT2D eigenvalue weighted by Gasteiger charge is -2.22. The van der Waals surface area contributed by atoms with Gasteiger partial charge in [-0.05, 0) is 74.2 Å². The predicted molar refractivity (Wildman–Crippen MR) is 196 cm³/mol. The number of rotatable bonds is 4. The maximum Gasteiger partial charge on any atom is 0.160 e. The molecule has 47 heavy (non-hydrogen) atoms. The smallest absolute Gasteiger partial charge is 0.160 e. The number of hydrogen-bond acceptors (Lipinski definition) is 2. The van der Waals surface area contributed by atoms with Gasteiger partial charge in [0.2, 0.25) is 0 Å². The van der Waals surface area contributed by atoms with Crippen LogP contribution in [0.1, 0.15) is 25.0 Å². The van der Waals surface area contributed by atoms with Crippen molar-refractivity contribution in [2.24, 2.45) is 0 Å². The molecule has 1 aliphatic carbocycles. The second kappa shape index (κ2) is 10.6. The van der Waals surface area contributed by atoms with Crippen LogP contribution >= 0.6 is 0 Å². The van der Waals surface area contributed by atoms with Crippen molar-refractivity contribution in [2.75, 3.05) is 0 Å². The highest BCUT2D eigenvalue weighted by Crippen LogP contribution is 2.49. The molecule has 0 fully saturated rings. The van der Waals surface area contributed by atoms with Crippen LogP contribution in [0.4, 0.5) is 0 Å². The van der Waals surface area contributed by atoms with Gasteiger partial charge in [-0.2, -0.15) is 0 Å². The third-order valence-electron chi connectivity index (χ3n) is 9.87. The molecule has 1 aliphatic rings. The van der Waals surface area contributed by atoms with Gasteiger partial charge in [0.1, 0.15) is 0 Å². The molecule has 0 bridgehead atoms. The molecular formula is C45H32N2. The number of nitrogens with zero attached hydrogens (tertiary/aromatic N) is 2. The quantitative estimate of drug-likeness (QED) is 0.188. The molecule has 222 valence electrons. The fraction of sp³-hybridized carbons (Fsp3) is 0.0667. The number of hydrogen-bond donors (Lipinski definition) is 0. The standard InChI is InChI=1S/C45H32N2/c1-45(2)40-21-9-8-20-37(40)38-24-23-34(28-41(38)45)32-16-10-15-31(26-32)33-17-11-18-35(27-33)44-46-42(30-13-4-3-5-14-30)39-25-22-29-12-6-7-19-36(29)43(39)47-44/h3-28H,1-2H3. The maximum atomic E-state index is 5.21. The summed E-state index contributed by atoms with van der Waals surface area (Å²) in [6.45, 7) is 4.68. The van der Waals surface area contributed by atoms with E-state index in [4.69, 9.17) is 9.97 Å². The molecule has 8 aromatic rings. The maximum absolute atomic E-state index is 5.21. The minimum Gasteiger partial charge on any atom is -0.227 e. The van der Waals surface area contributed by atoms with Crippen molar-refractivity contribution in [3.8, 4) is 56.0 Å². The minimum atomic E-state index is -0.0301. The van der Waals surface area contributed by atoms with E-state index in [0.29, 0.717) is 0 Å². The van der Waals surface area contributed by atoms with Gasteiger partial charge in [0.25, 0.3) is 0 Å². The van der Waals surface area contributed by atoms with E-state index >= 15 is 0 Å². The van der Waals surface area contributed by atoms with E-state index in [2.05, 4.69) is 166 Å². The molecule has 0 unspecified atom stereocenters. The van der Waals surface area contributed by atoms with Crippen molar-refractivity contribution in [3.63, 3.8) is 0 Å². The van der Waals surface area contributed by atoms with Crippen molar-refractivity contribution in [1.29, 1.82) is 0 Å². The molecule has 0 amide bonds. The van der Waals surface area contributed by atoms with Crippen molar-refractivity contribution in [3.05, 3.63) is 169 Å². The largest absolute Gasteiger partial charge is 0.227 e. The van der Waals surface area contributed by atoms with Gasteiger partial charge in [-0.3, -0.25) is 0 Å². The van der Waals surface area contributed by atoms with E-state index in [0.717, 1.165) is 44.5 Å². The Morgan fingerprint density at radius 2 is 1.02 bits per heavy atom. The molecule has 2 heteroatoms. The Hall–Kier alpha value is -5.86. The number of aromatic nitrogens is 2. The van der Waals surface area contributed by atoms with Crippen LogP contribution < -0.4 is 0 Å². The van der Waals surface area contributed by atoms with Gasteiger partial charge in [-0.25, -0.2) is 9.97 Å². The summed E-state index contributed by atoms with van der Waals surface area (Å²) < 4.78 is 0. The monoisotopic (exact) mass is 600 g/mol. The zero-order chi connectivity index (χ0) is 31.5. The minimum absolute atomic E-state index is 0.0301. The van der Waals surface area contributed by atoms with Crippen LogP contribution in [0.25, 0.3) is 77.7 Å². The number of benzene rings is 7. The van der Waals surface area contributed by atoms with Gasteiger partial charge < -0.3 is 0 Å². The Morgan fingerprint density at radius 1 is 0.404 bits per heavy atom. The summed E-state index contributed by atoms with van der Waals surface area (Å²) in [5.74, 6) is 0.728. The lowest BCUT2D eigenvalue weighted by atomic mass is 9.81. The van der Waals surface area contributed by atoms with Gasteiger partial charge >= 0.3 is 0 Å². The Bertz CT molecular complexity index is 2490. The van der Waals surface area contributed by atoms with Gasteiger partial charge in [-0.15, -0.1) is 0 Å². The highest BCUT2D eigenvalue weighted by Gasteiger charge is 2.35. The molecule has 0 saturated heterocycles. The second-order valence-electron chi connectivity index (χ2n) is 13.0. The molecule has 1 heterocycles. The highest BCUT2D eigenvalue weighted by molar-refractivity contribution is 6.09. The van der Waals surface area contributed by atoms with E-state index in [9.17, 15) is 0 Å². The van der Waals surface area contributed by atoms with Crippen LogP contribution in [0.5, 0.6) is 0 Å². The first-order valence-electron chi connectivity index (χ1n) is 16.3. The highest BCUT2D eigenvalue weighted by atomic mass is 14.9. The second-order valence-corrected chi connectivity index (χ2v) is 13.0. The van der Waals surface area contributed by atoms with Crippen LogP contribution in [-0.2, 0) is 5.41 Å². The predicted octanol–water partition coefficient (Wildman–Crippen LogP) is 11.8. The topological polar surface area (TPSA) is 25.8 Å². The molecule has 0 atom stereocenters. The molecule has 0 radical (unpaired) electrons. The Kier molecular flexibility index (Phi) is 6.20. The average molecular weight is 601 g/mol. The summed E-state index contributed by atoms with van der Waals surface area (Å²) in [4.78, 5) is 10.4. The van der Waals surface area contributed by atoms with E-state index in [1.165, 1.54) is 44.3 Å². The van der Waals surface area contributed by atoms with E-state index in [-0.39, 0.29) is 5.41 Å². The van der Waals surface area contributed by atoms with Crippen molar-refractivity contribution >= 4 is 21.7 Å². The summed E-state index contributed by atoms with van der Waals surface area (Å²) in [6.07, 6.45) is 0. The zero-order valence-electron chi connectivity index (χ0n) is 26.4. The molecule has 2 nitrogen and oxygen atoms in total. The lowest BCUT2D eigenvalue weighted by Crippen LogP contribution is -2.14. The third kappa shape index (κ3) is 4.48. The summed E-state index contributed by atoms with van der Waals surface area (Å²) in [5.41, 5.74) is 14.2. The normalized spacial score (nSPS) is 13.1. The molecule has 0 aliphatic heterocycles. The van der Waals surface area contributed by atoms with Crippen LogP contribution in [0.2, 0.25) is 0 Å². The molecule has 9 rings (SSSR count). The summed E-state index contributed by atoms with van der Waals surface area (Å²) in [7, 11) is 0. The Labute approximate surface area is 275 Å². The van der Waals surface area contributed by atoms with Gasteiger partial charge in [0.05, 0.1) is 11.2 Å². The number of fused-ring (bicyclic) bond motifs is 6. The van der Waals surface area contributed by atoms with Gasteiger partial charge in [0.15, 0.2) is 5.82 Å². The third-order valence-corrected chi connectivity index (χ3v) is 9.87. The molecule has 0 spiro atoms. The molecule has 1 aromatic heterocycles. The zero-order valence-corrected chi connectivity index (χ0v) is 26.4. The van der Waals surface area contributed by atoms with Crippen molar-refractivity contribution < 1.29 is 0 Å². The molecule has 0 saturated carbocycles.